The summed E-state index contributed by atoms with van der Waals surface area (Å²) in [6, 6.07) is 3.29. The molecule has 8 N–H and O–H groups in total. The van der Waals surface area contributed by atoms with E-state index in [2.05, 4.69) is 26.6 Å². The van der Waals surface area contributed by atoms with Gasteiger partial charge in [0.15, 0.2) is 0 Å². The summed E-state index contributed by atoms with van der Waals surface area (Å²) < 4.78 is 5.23. The summed E-state index contributed by atoms with van der Waals surface area (Å²) in [5.41, 5.74) is 6.30. The lowest BCUT2D eigenvalue weighted by Gasteiger charge is -2.29. The average Bonchev–Trinajstić information content (AvgIpc) is 3.48. The van der Waals surface area contributed by atoms with E-state index < -0.39 is 78.2 Å². The van der Waals surface area contributed by atoms with Crippen molar-refractivity contribution in [1.82, 2.24) is 26.6 Å². The number of rotatable bonds is 19. The first-order valence-electron chi connectivity index (χ1n) is 15.9. The zero-order chi connectivity index (χ0) is 35.1. The molecule has 1 aromatic rings. The Morgan fingerprint density at radius 3 is 2.13 bits per heavy atom. The Kier molecular flexibility index (Phi) is 15.8. The molecule has 6 amide bonds. The summed E-state index contributed by atoms with van der Waals surface area (Å²) in [6.45, 7) is 6.46. The van der Waals surface area contributed by atoms with Crippen molar-refractivity contribution >= 4 is 41.4 Å². The lowest BCUT2D eigenvalue weighted by atomic mass is 9.96. The van der Waals surface area contributed by atoms with Crippen molar-refractivity contribution < 1.29 is 43.4 Å². The van der Waals surface area contributed by atoms with Crippen molar-refractivity contribution in [2.24, 2.45) is 17.6 Å². The number of carbonyl (C=O) groups excluding carboxylic acids is 7. The smallest absolute Gasteiger partial charge is 0.306 e. The zero-order valence-electron chi connectivity index (χ0n) is 27.4. The summed E-state index contributed by atoms with van der Waals surface area (Å²) in [6.07, 6.45) is 0.711. The normalized spacial score (nSPS) is 17.3. The predicted octanol–water partition coefficient (Wildman–Crippen LogP) is -0.702. The topological polar surface area (TPSA) is 235 Å². The number of nitrogens with two attached hydrogens (primary N) is 1. The lowest BCUT2D eigenvalue weighted by Crippen LogP contribution is -2.60. The third-order valence-corrected chi connectivity index (χ3v) is 7.80. The maximum atomic E-state index is 13.5. The van der Waals surface area contributed by atoms with E-state index in [0.29, 0.717) is 6.42 Å². The van der Waals surface area contributed by atoms with Gasteiger partial charge in [-0.2, -0.15) is 0 Å². The van der Waals surface area contributed by atoms with E-state index in [1.807, 2.05) is 19.9 Å². The van der Waals surface area contributed by atoms with Gasteiger partial charge < -0.3 is 42.2 Å². The molecule has 0 saturated carbocycles. The molecule has 0 aliphatic carbocycles. The number of primary amides is 1. The zero-order valence-corrected chi connectivity index (χ0v) is 27.4. The van der Waals surface area contributed by atoms with Crippen LogP contribution in [0.2, 0.25) is 0 Å². The van der Waals surface area contributed by atoms with E-state index in [0.717, 1.165) is 5.56 Å². The fourth-order valence-electron chi connectivity index (χ4n) is 4.83. The third-order valence-electron chi connectivity index (χ3n) is 7.80. The van der Waals surface area contributed by atoms with Gasteiger partial charge >= 0.3 is 5.97 Å². The molecular formula is C32H48N6O9. The van der Waals surface area contributed by atoms with Crippen LogP contribution in [0.15, 0.2) is 30.3 Å². The second-order valence-electron chi connectivity index (χ2n) is 12.1. The van der Waals surface area contributed by atoms with Gasteiger partial charge in [0, 0.05) is 12.8 Å². The van der Waals surface area contributed by atoms with Crippen LogP contribution in [0.3, 0.4) is 0 Å². The molecule has 1 aliphatic heterocycles. The maximum absolute atomic E-state index is 13.5. The van der Waals surface area contributed by atoms with Gasteiger partial charge in [-0.1, -0.05) is 64.4 Å². The first-order valence-corrected chi connectivity index (χ1v) is 15.9. The van der Waals surface area contributed by atoms with Crippen LogP contribution < -0.4 is 32.3 Å². The molecule has 260 valence electrons. The van der Waals surface area contributed by atoms with Gasteiger partial charge in [-0.05, 0) is 36.7 Å². The predicted molar refractivity (Wildman–Crippen MR) is 170 cm³/mol. The van der Waals surface area contributed by atoms with Crippen LogP contribution in [0.4, 0.5) is 0 Å². The number of hydrogen-bond donors (Lipinski definition) is 7. The number of nitrogens with one attached hydrogen (secondary N) is 5. The van der Waals surface area contributed by atoms with E-state index >= 15 is 0 Å². The second kappa shape index (κ2) is 19.2. The minimum atomic E-state index is -1.40. The third kappa shape index (κ3) is 13.0. The number of aliphatic hydroxyl groups excluding tert-OH is 1. The molecule has 1 aromatic carbocycles. The molecule has 1 aliphatic rings. The minimum Gasteiger partial charge on any atom is -0.461 e. The van der Waals surface area contributed by atoms with Crippen molar-refractivity contribution in [2.75, 3.05) is 6.61 Å². The van der Waals surface area contributed by atoms with Gasteiger partial charge in [-0.25, -0.2) is 0 Å². The summed E-state index contributed by atoms with van der Waals surface area (Å²) >= 11 is 0. The van der Waals surface area contributed by atoms with Gasteiger partial charge in [0.2, 0.25) is 35.4 Å². The molecule has 0 radical (unpaired) electrons. The number of aliphatic hydroxyl groups is 1. The molecule has 0 spiro atoms. The largest absolute Gasteiger partial charge is 0.461 e. The van der Waals surface area contributed by atoms with Crippen LogP contribution in [0.1, 0.15) is 71.8 Å². The fourth-order valence-corrected chi connectivity index (χ4v) is 4.83. The summed E-state index contributed by atoms with van der Waals surface area (Å²) in [7, 11) is 0. The highest BCUT2D eigenvalue weighted by molar-refractivity contribution is 5.97. The number of benzene rings is 1. The minimum absolute atomic E-state index is 0.0492. The van der Waals surface area contributed by atoms with E-state index in [9.17, 15) is 38.7 Å². The highest BCUT2D eigenvalue weighted by Gasteiger charge is 2.34. The Morgan fingerprint density at radius 2 is 1.57 bits per heavy atom. The number of ether oxygens (including phenoxy) is 1. The Labute approximate surface area is 274 Å². The van der Waals surface area contributed by atoms with Crippen molar-refractivity contribution in [1.29, 1.82) is 0 Å². The molecule has 6 atom stereocenters. The van der Waals surface area contributed by atoms with Crippen LogP contribution in [0.5, 0.6) is 0 Å². The standard InChI is InChI=1S/C32H48N6O9/c1-5-19(4)27(32(46)35-21(28(33)42)12-14-26(41)47-17-20-9-7-6-8-10-20)38-30(44)23(15-18(2)3)36-31(45)24(16-39)37-29(43)22-11-13-25(40)34-22/h6-10,18-19,21-24,27,39H,5,11-17H2,1-4H3,(H2,33,42)(H,34,40)(H,35,46)(H,36,45)(H,37,43)(H,38,44)/t19-,21-,22-,23+,24+,27-/m0/s1. The molecule has 15 heteroatoms. The molecule has 47 heavy (non-hydrogen) atoms. The average molecular weight is 661 g/mol. The molecule has 1 heterocycles. The number of carbonyl (C=O) groups is 7. The number of amides is 6. The number of hydrogen-bond acceptors (Lipinski definition) is 9. The molecule has 1 fully saturated rings. The highest BCUT2D eigenvalue weighted by Crippen LogP contribution is 2.13. The molecular weight excluding hydrogens is 612 g/mol. The first kappa shape index (κ1) is 38.7. The molecule has 0 bridgehead atoms. The van der Waals surface area contributed by atoms with Gasteiger partial charge in [-0.3, -0.25) is 33.6 Å². The van der Waals surface area contributed by atoms with E-state index in [1.165, 1.54) is 0 Å². The van der Waals surface area contributed by atoms with Gasteiger partial charge in [0.25, 0.3) is 0 Å². The monoisotopic (exact) mass is 660 g/mol. The van der Waals surface area contributed by atoms with Crippen LogP contribution in [-0.2, 0) is 44.9 Å². The first-order chi connectivity index (χ1) is 22.2. The maximum Gasteiger partial charge on any atom is 0.306 e. The molecule has 15 nitrogen and oxygen atoms in total. The Balaban J connectivity index is 2.06. The molecule has 0 unspecified atom stereocenters. The second-order valence-corrected chi connectivity index (χ2v) is 12.1. The van der Waals surface area contributed by atoms with Crippen molar-refractivity contribution in [3.05, 3.63) is 35.9 Å². The molecule has 1 saturated heterocycles. The summed E-state index contributed by atoms with van der Waals surface area (Å²) in [5.74, 6) is -5.13. The Hall–Kier alpha value is -4.53. The molecule has 2 rings (SSSR count). The SMILES string of the molecule is CC[C@H](C)[C@H](NC(=O)[C@@H](CC(C)C)NC(=O)[C@@H](CO)NC(=O)[C@@H]1CCC(=O)N1)C(=O)N[C@@H](CCC(=O)OCc1ccccc1)C(N)=O. The van der Waals surface area contributed by atoms with E-state index in [1.54, 1.807) is 38.1 Å². The van der Waals surface area contributed by atoms with E-state index in [-0.39, 0.29) is 50.5 Å². The van der Waals surface area contributed by atoms with Crippen LogP contribution in [0.25, 0.3) is 0 Å². The van der Waals surface area contributed by atoms with Crippen molar-refractivity contribution in [3.63, 3.8) is 0 Å². The van der Waals surface area contributed by atoms with E-state index in [4.69, 9.17) is 10.5 Å². The van der Waals surface area contributed by atoms with Crippen LogP contribution in [0, 0.1) is 11.8 Å². The van der Waals surface area contributed by atoms with Crippen molar-refractivity contribution in [2.45, 2.75) is 103 Å². The van der Waals surface area contributed by atoms with Crippen LogP contribution >= 0.6 is 0 Å². The Morgan fingerprint density at radius 1 is 0.936 bits per heavy atom. The lowest BCUT2D eigenvalue weighted by molar-refractivity contribution is -0.145. The van der Waals surface area contributed by atoms with Gasteiger partial charge in [0.05, 0.1) is 6.61 Å². The summed E-state index contributed by atoms with van der Waals surface area (Å²) in [4.78, 5) is 88.4. The van der Waals surface area contributed by atoms with Gasteiger partial charge in [-0.15, -0.1) is 0 Å². The fraction of sp³-hybridized carbons (Fsp3) is 0.594. The van der Waals surface area contributed by atoms with Crippen molar-refractivity contribution in [3.8, 4) is 0 Å². The quantitative estimate of drug-likeness (QED) is 0.0928. The highest BCUT2D eigenvalue weighted by atomic mass is 16.5. The summed E-state index contributed by atoms with van der Waals surface area (Å²) in [5, 5.41) is 22.4. The number of esters is 1. The molecule has 0 aromatic heterocycles. The van der Waals surface area contributed by atoms with Crippen LogP contribution in [-0.4, -0.2) is 83.3 Å². The van der Waals surface area contributed by atoms with Gasteiger partial charge in [0.1, 0.15) is 36.8 Å². The Bertz CT molecular complexity index is 1260.